The van der Waals surface area contributed by atoms with Crippen molar-refractivity contribution in [1.29, 1.82) is 0 Å². The average Bonchev–Trinajstić information content (AvgIpc) is 2.55. The van der Waals surface area contributed by atoms with Gasteiger partial charge in [0.2, 0.25) is 0 Å². The van der Waals surface area contributed by atoms with Crippen LogP contribution in [0, 0.1) is 5.92 Å². The van der Waals surface area contributed by atoms with Gasteiger partial charge in [-0.2, -0.15) is 0 Å². The maximum atomic E-state index is 5.29. The summed E-state index contributed by atoms with van der Waals surface area (Å²) in [6, 6.07) is 13.1. The molecule has 1 aliphatic heterocycles. The van der Waals surface area contributed by atoms with Gasteiger partial charge in [0, 0.05) is 13.1 Å². The standard InChI is InChI=1S/C19H26N2O/c1-20-12-16-4-3-9-21(14-16)13-15-5-6-18-11-19(22-2)8-7-17(18)10-15/h5-8,10-11,16,20H,3-4,9,12-14H2,1-2H3. The lowest BCUT2D eigenvalue weighted by Gasteiger charge is -2.32. The Balaban J connectivity index is 1.71. The van der Waals surface area contributed by atoms with Crippen molar-refractivity contribution in [3.63, 3.8) is 0 Å². The largest absolute Gasteiger partial charge is 0.497 e. The third-order valence-electron chi connectivity index (χ3n) is 4.61. The summed E-state index contributed by atoms with van der Waals surface area (Å²) < 4.78 is 5.29. The molecule has 2 aromatic rings. The summed E-state index contributed by atoms with van der Waals surface area (Å²) in [5, 5.41) is 5.86. The minimum Gasteiger partial charge on any atom is -0.497 e. The molecule has 1 saturated heterocycles. The van der Waals surface area contributed by atoms with Crippen molar-refractivity contribution in [1.82, 2.24) is 10.2 Å². The topological polar surface area (TPSA) is 24.5 Å². The smallest absolute Gasteiger partial charge is 0.119 e. The van der Waals surface area contributed by atoms with Gasteiger partial charge >= 0.3 is 0 Å². The van der Waals surface area contributed by atoms with Crippen LogP contribution in [0.2, 0.25) is 0 Å². The minimum atomic E-state index is 0.795. The van der Waals surface area contributed by atoms with Gasteiger partial charge < -0.3 is 10.1 Å². The van der Waals surface area contributed by atoms with Crippen molar-refractivity contribution in [3.8, 4) is 5.75 Å². The van der Waals surface area contributed by atoms with E-state index in [-0.39, 0.29) is 0 Å². The molecule has 1 unspecified atom stereocenters. The van der Waals surface area contributed by atoms with Crippen molar-refractivity contribution in [3.05, 3.63) is 42.0 Å². The van der Waals surface area contributed by atoms with E-state index in [4.69, 9.17) is 4.74 Å². The van der Waals surface area contributed by atoms with Crippen LogP contribution in [0.25, 0.3) is 10.8 Å². The molecule has 1 fully saturated rings. The molecular weight excluding hydrogens is 272 g/mol. The molecule has 22 heavy (non-hydrogen) atoms. The van der Waals surface area contributed by atoms with Crippen LogP contribution < -0.4 is 10.1 Å². The first-order chi connectivity index (χ1) is 10.8. The Morgan fingerprint density at radius 1 is 1.18 bits per heavy atom. The summed E-state index contributed by atoms with van der Waals surface area (Å²) in [6.07, 6.45) is 2.67. The van der Waals surface area contributed by atoms with Crippen LogP contribution in [-0.4, -0.2) is 38.7 Å². The van der Waals surface area contributed by atoms with Crippen molar-refractivity contribution < 1.29 is 4.74 Å². The predicted octanol–water partition coefficient (Wildman–Crippen LogP) is 3.28. The molecule has 0 bridgehead atoms. The van der Waals surface area contributed by atoms with E-state index in [1.165, 1.54) is 42.3 Å². The van der Waals surface area contributed by atoms with Gasteiger partial charge in [-0.3, -0.25) is 4.90 Å². The minimum absolute atomic E-state index is 0.795. The molecule has 0 radical (unpaired) electrons. The zero-order chi connectivity index (χ0) is 15.4. The molecule has 1 heterocycles. The Hall–Kier alpha value is -1.58. The third-order valence-corrected chi connectivity index (χ3v) is 4.61. The lowest BCUT2D eigenvalue weighted by atomic mass is 9.97. The van der Waals surface area contributed by atoms with Gasteiger partial charge in [0.1, 0.15) is 5.75 Å². The molecule has 3 heteroatoms. The van der Waals surface area contributed by atoms with Gasteiger partial charge in [-0.05, 0) is 73.4 Å². The number of fused-ring (bicyclic) bond motifs is 1. The lowest BCUT2D eigenvalue weighted by molar-refractivity contribution is 0.167. The molecule has 0 aliphatic carbocycles. The second kappa shape index (κ2) is 7.12. The summed E-state index contributed by atoms with van der Waals surface area (Å²) >= 11 is 0. The zero-order valence-corrected chi connectivity index (χ0v) is 13.6. The van der Waals surface area contributed by atoms with Crippen LogP contribution >= 0.6 is 0 Å². The number of ether oxygens (including phenoxy) is 1. The molecule has 0 aromatic heterocycles. The highest BCUT2D eigenvalue weighted by Gasteiger charge is 2.19. The average molecular weight is 298 g/mol. The summed E-state index contributed by atoms with van der Waals surface area (Å²) in [7, 11) is 3.77. The molecular formula is C19H26N2O. The SMILES string of the molecule is CNCC1CCCN(Cc2ccc3cc(OC)ccc3c2)C1. The monoisotopic (exact) mass is 298 g/mol. The van der Waals surface area contributed by atoms with Crippen LogP contribution in [0.4, 0.5) is 0 Å². The molecule has 1 N–H and O–H groups in total. The summed E-state index contributed by atoms with van der Waals surface area (Å²) in [4.78, 5) is 2.59. The number of hydrogen-bond acceptors (Lipinski definition) is 3. The Morgan fingerprint density at radius 2 is 2.00 bits per heavy atom. The Labute approximate surface area is 133 Å². The highest BCUT2D eigenvalue weighted by atomic mass is 16.5. The zero-order valence-electron chi connectivity index (χ0n) is 13.6. The first kappa shape index (κ1) is 15.3. The van der Waals surface area contributed by atoms with Gasteiger partial charge in [-0.25, -0.2) is 0 Å². The van der Waals surface area contributed by atoms with E-state index in [1.54, 1.807) is 7.11 Å². The Kier molecular flexibility index (Phi) is 4.96. The van der Waals surface area contributed by atoms with E-state index in [9.17, 15) is 0 Å². The van der Waals surface area contributed by atoms with E-state index < -0.39 is 0 Å². The summed E-state index contributed by atoms with van der Waals surface area (Å²) in [5.41, 5.74) is 1.41. The fraction of sp³-hybridized carbons (Fsp3) is 0.474. The highest BCUT2D eigenvalue weighted by molar-refractivity contribution is 5.84. The highest BCUT2D eigenvalue weighted by Crippen LogP contribution is 2.23. The summed E-state index contributed by atoms with van der Waals surface area (Å²) in [6.45, 7) is 4.62. The van der Waals surface area contributed by atoms with Crippen LogP contribution in [0.5, 0.6) is 5.75 Å². The molecule has 118 valence electrons. The molecule has 1 atom stereocenters. The number of piperidine rings is 1. The first-order valence-corrected chi connectivity index (χ1v) is 8.22. The van der Waals surface area contributed by atoms with Crippen molar-refractivity contribution in [2.45, 2.75) is 19.4 Å². The fourth-order valence-corrected chi connectivity index (χ4v) is 3.51. The third kappa shape index (κ3) is 3.60. The molecule has 0 spiro atoms. The number of rotatable bonds is 5. The van der Waals surface area contributed by atoms with Crippen LogP contribution in [0.15, 0.2) is 36.4 Å². The normalized spacial score (nSPS) is 19.5. The number of methoxy groups -OCH3 is 1. The van der Waals surface area contributed by atoms with Crippen LogP contribution in [-0.2, 0) is 6.54 Å². The van der Waals surface area contributed by atoms with Crippen molar-refractivity contribution in [2.75, 3.05) is 33.8 Å². The first-order valence-electron chi connectivity index (χ1n) is 8.22. The molecule has 2 aromatic carbocycles. The fourth-order valence-electron chi connectivity index (χ4n) is 3.51. The van der Waals surface area contributed by atoms with E-state index >= 15 is 0 Å². The maximum Gasteiger partial charge on any atom is 0.119 e. The number of nitrogens with one attached hydrogen (secondary N) is 1. The second-order valence-electron chi connectivity index (χ2n) is 6.35. The van der Waals surface area contributed by atoms with Gasteiger partial charge in [0.15, 0.2) is 0 Å². The number of nitrogens with zero attached hydrogens (tertiary/aromatic N) is 1. The van der Waals surface area contributed by atoms with Gasteiger partial charge in [0.05, 0.1) is 7.11 Å². The van der Waals surface area contributed by atoms with Gasteiger partial charge in [-0.1, -0.05) is 18.2 Å². The quantitative estimate of drug-likeness (QED) is 0.917. The van der Waals surface area contributed by atoms with Gasteiger partial charge in [0.25, 0.3) is 0 Å². The molecule has 3 rings (SSSR count). The van der Waals surface area contributed by atoms with Crippen molar-refractivity contribution >= 4 is 10.8 Å². The molecule has 3 nitrogen and oxygen atoms in total. The predicted molar refractivity (Wildman–Crippen MR) is 92.4 cm³/mol. The van der Waals surface area contributed by atoms with Gasteiger partial charge in [-0.15, -0.1) is 0 Å². The Morgan fingerprint density at radius 3 is 2.82 bits per heavy atom. The van der Waals surface area contributed by atoms with Crippen molar-refractivity contribution in [2.24, 2.45) is 5.92 Å². The number of likely N-dealkylation sites (tertiary alicyclic amines) is 1. The molecule has 0 saturated carbocycles. The van der Waals surface area contributed by atoms with E-state index in [1.807, 2.05) is 6.07 Å². The van der Waals surface area contributed by atoms with E-state index in [0.29, 0.717) is 0 Å². The molecule has 1 aliphatic rings. The lowest BCUT2D eigenvalue weighted by Crippen LogP contribution is -2.38. The number of hydrogen-bond donors (Lipinski definition) is 1. The van der Waals surface area contributed by atoms with Crippen LogP contribution in [0.3, 0.4) is 0 Å². The maximum absolute atomic E-state index is 5.29. The summed E-state index contributed by atoms with van der Waals surface area (Å²) in [5.74, 6) is 1.72. The van der Waals surface area contributed by atoms with E-state index in [2.05, 4.69) is 47.6 Å². The molecule has 0 amide bonds. The Bertz CT molecular complexity index is 624. The second-order valence-corrected chi connectivity index (χ2v) is 6.35. The number of benzene rings is 2. The van der Waals surface area contributed by atoms with E-state index in [0.717, 1.165) is 24.8 Å². The van der Waals surface area contributed by atoms with Crippen LogP contribution in [0.1, 0.15) is 18.4 Å².